The van der Waals surface area contributed by atoms with Crippen molar-refractivity contribution in [3.63, 3.8) is 0 Å². The molecule has 0 aromatic heterocycles. The van der Waals surface area contributed by atoms with Crippen molar-refractivity contribution in [1.29, 1.82) is 0 Å². The fraction of sp³-hybridized carbons (Fsp3) is 0.645. The lowest BCUT2D eigenvalue weighted by Gasteiger charge is -2.32. The van der Waals surface area contributed by atoms with Crippen LogP contribution in [0.5, 0.6) is 0 Å². The monoisotopic (exact) mass is 486 g/mol. The van der Waals surface area contributed by atoms with E-state index < -0.39 is 18.3 Å². The predicted molar refractivity (Wildman–Crippen MR) is 146 cm³/mol. The summed E-state index contributed by atoms with van der Waals surface area (Å²) in [6, 6.07) is 9.65. The number of rotatable bonds is 16. The second-order valence-corrected chi connectivity index (χ2v) is 10.9. The van der Waals surface area contributed by atoms with Gasteiger partial charge in [0.15, 0.2) is 5.78 Å². The Labute approximate surface area is 214 Å². The Hall–Kier alpha value is -1.75. The largest absolute Gasteiger partial charge is 0.392 e. The molecule has 0 amide bonds. The van der Waals surface area contributed by atoms with Crippen LogP contribution in [0, 0.1) is 29.6 Å². The zero-order chi connectivity index (χ0) is 26.5. The maximum absolute atomic E-state index is 12.2. The number of allylic oxidation sites excluding steroid dienone is 2. The Morgan fingerprint density at radius 1 is 0.886 bits per heavy atom. The highest BCUT2D eigenvalue weighted by atomic mass is 16.3. The molecule has 0 aliphatic heterocycles. The minimum absolute atomic E-state index is 0.00606. The Morgan fingerprint density at radius 3 is 2.09 bits per heavy atom. The first kappa shape index (κ1) is 31.3. The highest BCUT2D eigenvalue weighted by Gasteiger charge is 2.30. The van der Waals surface area contributed by atoms with Gasteiger partial charge in [-0.1, -0.05) is 102 Å². The number of carbonyl (C=O) groups is 1. The number of hydrogen-bond donors (Lipinski definition) is 3. The van der Waals surface area contributed by atoms with Crippen LogP contribution in [-0.4, -0.2) is 39.4 Å². The third kappa shape index (κ3) is 11.2. The van der Waals surface area contributed by atoms with Crippen LogP contribution >= 0.6 is 0 Å². The molecular weight excluding hydrogens is 436 g/mol. The van der Waals surface area contributed by atoms with Gasteiger partial charge in [-0.3, -0.25) is 4.79 Å². The Kier molecular flexibility index (Phi) is 14.4. The molecule has 0 heterocycles. The van der Waals surface area contributed by atoms with E-state index in [4.69, 9.17) is 0 Å². The molecule has 0 aliphatic carbocycles. The number of ketones is 1. The van der Waals surface area contributed by atoms with Crippen LogP contribution < -0.4 is 0 Å². The summed E-state index contributed by atoms with van der Waals surface area (Å²) in [6.07, 6.45) is 7.98. The van der Waals surface area contributed by atoms with Gasteiger partial charge in [-0.15, -0.1) is 0 Å². The summed E-state index contributed by atoms with van der Waals surface area (Å²) in [5.41, 5.74) is 2.09. The molecule has 8 unspecified atom stereocenters. The van der Waals surface area contributed by atoms with E-state index >= 15 is 0 Å². The molecule has 0 bridgehead atoms. The molecule has 198 valence electrons. The minimum atomic E-state index is -0.605. The molecule has 35 heavy (non-hydrogen) atoms. The third-order valence-electron chi connectivity index (χ3n) is 7.33. The van der Waals surface area contributed by atoms with Crippen LogP contribution in [-0.2, 0) is 11.2 Å². The molecule has 0 spiro atoms. The summed E-state index contributed by atoms with van der Waals surface area (Å²) in [5, 5.41) is 32.3. The molecule has 4 heteroatoms. The maximum Gasteiger partial charge on any atom is 0.159 e. The lowest BCUT2D eigenvalue weighted by atomic mass is 9.80. The van der Waals surface area contributed by atoms with Crippen LogP contribution in [0.4, 0.5) is 0 Å². The molecule has 0 aliphatic rings. The summed E-state index contributed by atoms with van der Waals surface area (Å²) < 4.78 is 0. The standard InChI is InChI=1S/C31H50O4/c1-8-9-13-22(3)30(34)26(7)31(35)25(6)19-21(2)18-24(5)29(33)23(4)16-17-28(32)20-27-14-11-10-12-15-27/h10-12,14-18,22-26,29-31,33-35H,8-9,13,19-20H2,1-7H3/b17-16-,21-18-. The zero-order valence-corrected chi connectivity index (χ0v) is 23.0. The number of benzene rings is 1. The molecule has 1 aromatic rings. The lowest BCUT2D eigenvalue weighted by molar-refractivity contribution is -0.114. The van der Waals surface area contributed by atoms with Gasteiger partial charge < -0.3 is 15.3 Å². The summed E-state index contributed by atoms with van der Waals surface area (Å²) >= 11 is 0. The van der Waals surface area contributed by atoms with Crippen molar-refractivity contribution in [3.05, 3.63) is 59.7 Å². The first-order valence-electron chi connectivity index (χ1n) is 13.4. The van der Waals surface area contributed by atoms with E-state index in [1.165, 1.54) is 0 Å². The van der Waals surface area contributed by atoms with Crippen molar-refractivity contribution in [1.82, 2.24) is 0 Å². The van der Waals surface area contributed by atoms with Crippen molar-refractivity contribution in [2.75, 3.05) is 0 Å². The van der Waals surface area contributed by atoms with Gasteiger partial charge >= 0.3 is 0 Å². The molecule has 0 radical (unpaired) electrons. The molecule has 3 N–H and O–H groups in total. The van der Waals surface area contributed by atoms with E-state index in [0.29, 0.717) is 12.8 Å². The van der Waals surface area contributed by atoms with Crippen LogP contribution in [0.25, 0.3) is 0 Å². The maximum atomic E-state index is 12.2. The second-order valence-electron chi connectivity index (χ2n) is 10.9. The summed E-state index contributed by atoms with van der Waals surface area (Å²) in [6.45, 7) is 14.1. The van der Waals surface area contributed by atoms with Crippen LogP contribution in [0.3, 0.4) is 0 Å². The zero-order valence-electron chi connectivity index (χ0n) is 23.0. The van der Waals surface area contributed by atoms with E-state index in [2.05, 4.69) is 19.9 Å². The van der Waals surface area contributed by atoms with Gasteiger partial charge in [-0.25, -0.2) is 0 Å². The van der Waals surface area contributed by atoms with Crippen LogP contribution in [0.1, 0.15) is 79.7 Å². The second kappa shape index (κ2) is 16.1. The van der Waals surface area contributed by atoms with Gasteiger partial charge in [-0.2, -0.15) is 0 Å². The SMILES string of the molecule is CCCCC(C)C(O)C(C)C(O)C(C)C/C(C)=C\C(C)C(O)C(C)/C=C\C(=O)Cc1ccccc1. The first-order chi connectivity index (χ1) is 16.5. The topological polar surface area (TPSA) is 77.8 Å². The summed E-state index contributed by atoms with van der Waals surface area (Å²) in [7, 11) is 0. The average molecular weight is 487 g/mol. The van der Waals surface area contributed by atoms with Gasteiger partial charge in [-0.05, 0) is 43.2 Å². The van der Waals surface area contributed by atoms with Crippen LogP contribution in [0.2, 0.25) is 0 Å². The summed E-state index contributed by atoms with van der Waals surface area (Å²) in [4.78, 5) is 12.2. The molecule has 4 nitrogen and oxygen atoms in total. The Morgan fingerprint density at radius 2 is 1.49 bits per heavy atom. The number of unbranched alkanes of at least 4 members (excludes halogenated alkanes) is 1. The molecule has 0 saturated heterocycles. The van der Waals surface area contributed by atoms with Crippen molar-refractivity contribution < 1.29 is 20.1 Å². The summed E-state index contributed by atoms with van der Waals surface area (Å²) in [5.74, 6) is -0.222. The molecular formula is C31H50O4. The van der Waals surface area contributed by atoms with Gasteiger partial charge in [0.05, 0.1) is 18.3 Å². The number of hydrogen-bond acceptors (Lipinski definition) is 4. The minimum Gasteiger partial charge on any atom is -0.392 e. The van der Waals surface area contributed by atoms with Gasteiger partial charge in [0, 0.05) is 24.2 Å². The molecule has 0 fully saturated rings. The van der Waals surface area contributed by atoms with E-state index in [1.54, 1.807) is 12.2 Å². The van der Waals surface area contributed by atoms with Gasteiger partial charge in [0.2, 0.25) is 0 Å². The van der Waals surface area contributed by atoms with E-state index in [0.717, 1.165) is 30.4 Å². The van der Waals surface area contributed by atoms with Crippen molar-refractivity contribution in [2.24, 2.45) is 29.6 Å². The van der Waals surface area contributed by atoms with Crippen molar-refractivity contribution >= 4 is 5.78 Å². The van der Waals surface area contributed by atoms with Crippen molar-refractivity contribution in [3.8, 4) is 0 Å². The van der Waals surface area contributed by atoms with E-state index in [-0.39, 0.29) is 35.4 Å². The highest BCUT2D eigenvalue weighted by molar-refractivity contribution is 5.91. The quantitative estimate of drug-likeness (QED) is 0.194. The molecule has 1 aromatic carbocycles. The molecule has 8 atom stereocenters. The highest BCUT2D eigenvalue weighted by Crippen LogP contribution is 2.28. The smallest absolute Gasteiger partial charge is 0.159 e. The van der Waals surface area contributed by atoms with E-state index in [1.807, 2.05) is 65.0 Å². The number of aliphatic hydroxyl groups is 3. The van der Waals surface area contributed by atoms with Gasteiger partial charge in [0.25, 0.3) is 0 Å². The fourth-order valence-electron chi connectivity index (χ4n) is 4.89. The van der Waals surface area contributed by atoms with Crippen LogP contribution in [0.15, 0.2) is 54.1 Å². The molecule has 1 rings (SSSR count). The third-order valence-corrected chi connectivity index (χ3v) is 7.33. The lowest BCUT2D eigenvalue weighted by Crippen LogP contribution is -2.37. The number of aliphatic hydroxyl groups excluding tert-OH is 3. The van der Waals surface area contributed by atoms with Crippen molar-refractivity contribution in [2.45, 2.75) is 98.9 Å². The fourth-order valence-corrected chi connectivity index (χ4v) is 4.89. The normalized spacial score (nSPS) is 19.5. The Balaban J connectivity index is 2.61. The Bertz CT molecular complexity index is 784. The van der Waals surface area contributed by atoms with Gasteiger partial charge in [0.1, 0.15) is 0 Å². The predicted octanol–water partition coefficient (Wildman–Crippen LogP) is 6.14. The molecule has 0 saturated carbocycles. The first-order valence-corrected chi connectivity index (χ1v) is 13.4. The average Bonchev–Trinajstić information content (AvgIpc) is 2.84. The van der Waals surface area contributed by atoms with E-state index in [9.17, 15) is 20.1 Å². The number of carbonyl (C=O) groups excluding carboxylic acids is 1.